The van der Waals surface area contributed by atoms with Gasteiger partial charge in [0.05, 0.1) is 0 Å². The molecule has 1 aliphatic carbocycles. The lowest BCUT2D eigenvalue weighted by molar-refractivity contribution is 0.599. The molecule has 0 spiro atoms. The van der Waals surface area contributed by atoms with Gasteiger partial charge in [-0.15, -0.1) is 0 Å². The zero-order valence-corrected chi connectivity index (χ0v) is 9.29. The number of hydrogen-bond acceptors (Lipinski definition) is 1. The van der Waals surface area contributed by atoms with E-state index in [2.05, 4.69) is 22.6 Å². The van der Waals surface area contributed by atoms with Gasteiger partial charge < -0.3 is 5.73 Å². The molecule has 2 N–H and O–H groups in total. The highest BCUT2D eigenvalue weighted by Crippen LogP contribution is 2.40. The van der Waals surface area contributed by atoms with Gasteiger partial charge >= 0.3 is 0 Å². The van der Waals surface area contributed by atoms with Gasteiger partial charge in [0.25, 0.3) is 0 Å². The highest BCUT2D eigenvalue weighted by molar-refractivity contribution is 14.1. The SMILES string of the molecule is N[C@H](c1cc(F)ccc1I)C1CC1. The van der Waals surface area contributed by atoms with Crippen molar-refractivity contribution in [3.05, 3.63) is 33.1 Å². The summed E-state index contributed by atoms with van der Waals surface area (Å²) in [5.41, 5.74) is 6.96. The average Bonchev–Trinajstić information content (AvgIpc) is 2.91. The quantitative estimate of drug-likeness (QED) is 0.833. The smallest absolute Gasteiger partial charge is 0.123 e. The van der Waals surface area contributed by atoms with Crippen LogP contribution in [-0.2, 0) is 0 Å². The van der Waals surface area contributed by atoms with Crippen LogP contribution in [0.3, 0.4) is 0 Å². The molecule has 1 aromatic rings. The fraction of sp³-hybridized carbons (Fsp3) is 0.400. The third kappa shape index (κ3) is 2.02. The summed E-state index contributed by atoms with van der Waals surface area (Å²) < 4.78 is 14.0. The molecule has 1 aliphatic rings. The second-order valence-corrected chi connectivity index (χ2v) is 4.69. The van der Waals surface area contributed by atoms with Crippen LogP contribution in [0.5, 0.6) is 0 Å². The molecule has 0 heterocycles. The van der Waals surface area contributed by atoms with Crippen LogP contribution in [0.4, 0.5) is 4.39 Å². The molecule has 13 heavy (non-hydrogen) atoms. The first-order valence-corrected chi connectivity index (χ1v) is 5.47. The van der Waals surface area contributed by atoms with Gasteiger partial charge in [0.15, 0.2) is 0 Å². The summed E-state index contributed by atoms with van der Waals surface area (Å²) in [7, 11) is 0. The van der Waals surface area contributed by atoms with Crippen molar-refractivity contribution >= 4 is 22.6 Å². The zero-order valence-electron chi connectivity index (χ0n) is 7.13. The Kier molecular flexibility index (Phi) is 2.55. The van der Waals surface area contributed by atoms with Crippen LogP contribution in [0.1, 0.15) is 24.4 Å². The third-order valence-electron chi connectivity index (χ3n) is 2.45. The van der Waals surface area contributed by atoms with E-state index < -0.39 is 0 Å². The molecular weight excluding hydrogens is 280 g/mol. The first kappa shape index (κ1) is 9.40. The summed E-state index contributed by atoms with van der Waals surface area (Å²) in [6.45, 7) is 0. The topological polar surface area (TPSA) is 26.0 Å². The first-order chi connectivity index (χ1) is 6.18. The van der Waals surface area contributed by atoms with Crippen LogP contribution < -0.4 is 5.73 Å². The van der Waals surface area contributed by atoms with Crippen LogP contribution in [0.15, 0.2) is 18.2 Å². The molecule has 0 unspecified atom stereocenters. The van der Waals surface area contributed by atoms with E-state index in [1.165, 1.54) is 18.9 Å². The minimum absolute atomic E-state index is 0.0302. The molecule has 0 saturated heterocycles. The summed E-state index contributed by atoms with van der Waals surface area (Å²) in [6.07, 6.45) is 2.38. The number of rotatable bonds is 2. The van der Waals surface area contributed by atoms with Crippen molar-refractivity contribution in [2.24, 2.45) is 11.7 Å². The van der Waals surface area contributed by atoms with Gasteiger partial charge in [0.2, 0.25) is 0 Å². The molecule has 1 saturated carbocycles. The van der Waals surface area contributed by atoms with Crippen molar-refractivity contribution < 1.29 is 4.39 Å². The summed E-state index contributed by atoms with van der Waals surface area (Å²) in [6, 6.07) is 4.85. The fourth-order valence-corrected chi connectivity index (χ4v) is 2.17. The summed E-state index contributed by atoms with van der Waals surface area (Å²) in [4.78, 5) is 0. The first-order valence-electron chi connectivity index (χ1n) is 4.39. The molecule has 3 heteroatoms. The molecule has 1 atom stereocenters. The number of benzene rings is 1. The molecular formula is C10H11FIN. The van der Waals surface area contributed by atoms with Crippen molar-refractivity contribution in [1.29, 1.82) is 0 Å². The minimum atomic E-state index is -0.188. The van der Waals surface area contributed by atoms with Crippen molar-refractivity contribution in [1.82, 2.24) is 0 Å². The summed E-state index contributed by atoms with van der Waals surface area (Å²) >= 11 is 2.21. The predicted molar refractivity (Wildman–Crippen MR) is 58.8 cm³/mol. The normalized spacial score (nSPS) is 18.7. The van der Waals surface area contributed by atoms with Gasteiger partial charge in [-0.2, -0.15) is 0 Å². The van der Waals surface area contributed by atoms with E-state index in [1.807, 2.05) is 0 Å². The van der Waals surface area contributed by atoms with Gasteiger partial charge in [-0.3, -0.25) is 0 Å². The van der Waals surface area contributed by atoms with E-state index in [0.29, 0.717) is 5.92 Å². The highest BCUT2D eigenvalue weighted by Gasteiger charge is 2.30. The highest BCUT2D eigenvalue weighted by atomic mass is 127. The van der Waals surface area contributed by atoms with Gasteiger partial charge in [0.1, 0.15) is 5.82 Å². The Morgan fingerprint density at radius 2 is 2.15 bits per heavy atom. The van der Waals surface area contributed by atoms with Crippen LogP contribution in [0, 0.1) is 15.3 Å². The molecule has 0 amide bonds. The molecule has 0 aromatic heterocycles. The Balaban J connectivity index is 2.31. The second-order valence-electron chi connectivity index (χ2n) is 3.53. The fourth-order valence-electron chi connectivity index (χ4n) is 1.48. The minimum Gasteiger partial charge on any atom is -0.324 e. The van der Waals surface area contributed by atoms with E-state index in [1.54, 1.807) is 12.1 Å². The van der Waals surface area contributed by atoms with Gasteiger partial charge in [-0.05, 0) is 65.1 Å². The Morgan fingerprint density at radius 3 is 2.77 bits per heavy atom. The maximum absolute atomic E-state index is 12.9. The lowest BCUT2D eigenvalue weighted by Crippen LogP contribution is -2.14. The van der Waals surface area contributed by atoms with Gasteiger partial charge in [-0.25, -0.2) is 4.39 Å². The maximum Gasteiger partial charge on any atom is 0.123 e. The monoisotopic (exact) mass is 291 g/mol. The lowest BCUT2D eigenvalue weighted by atomic mass is 10.0. The van der Waals surface area contributed by atoms with Crippen molar-refractivity contribution in [3.8, 4) is 0 Å². The lowest BCUT2D eigenvalue weighted by Gasteiger charge is -2.12. The number of nitrogens with two attached hydrogens (primary N) is 1. The average molecular weight is 291 g/mol. The largest absolute Gasteiger partial charge is 0.324 e. The van der Waals surface area contributed by atoms with Crippen LogP contribution in [-0.4, -0.2) is 0 Å². The molecule has 70 valence electrons. The summed E-state index contributed by atoms with van der Waals surface area (Å²) in [5, 5.41) is 0. The maximum atomic E-state index is 12.9. The number of hydrogen-bond donors (Lipinski definition) is 1. The van der Waals surface area contributed by atoms with Crippen LogP contribution >= 0.6 is 22.6 Å². The van der Waals surface area contributed by atoms with E-state index >= 15 is 0 Å². The van der Waals surface area contributed by atoms with E-state index in [-0.39, 0.29) is 11.9 Å². The molecule has 2 rings (SSSR count). The molecule has 0 bridgehead atoms. The molecule has 1 fully saturated rings. The van der Waals surface area contributed by atoms with Crippen molar-refractivity contribution in [2.45, 2.75) is 18.9 Å². The van der Waals surface area contributed by atoms with E-state index in [0.717, 1.165) is 9.13 Å². The van der Waals surface area contributed by atoms with Crippen LogP contribution in [0.25, 0.3) is 0 Å². The predicted octanol–water partition coefficient (Wildman–Crippen LogP) is 2.84. The molecule has 1 nitrogen and oxygen atoms in total. The molecule has 0 radical (unpaired) electrons. The van der Waals surface area contributed by atoms with Crippen molar-refractivity contribution in [3.63, 3.8) is 0 Å². The van der Waals surface area contributed by atoms with Gasteiger partial charge in [0, 0.05) is 9.61 Å². The Bertz CT molecular complexity index is 323. The Labute approximate surface area is 90.7 Å². The second kappa shape index (κ2) is 3.53. The standard InChI is InChI=1S/C10H11FIN/c11-7-3-4-9(12)8(5-7)10(13)6-1-2-6/h3-6,10H,1-2,13H2/t10-/m0/s1. The Morgan fingerprint density at radius 1 is 1.46 bits per heavy atom. The number of halogens is 2. The van der Waals surface area contributed by atoms with Crippen molar-refractivity contribution in [2.75, 3.05) is 0 Å². The van der Waals surface area contributed by atoms with Crippen LogP contribution in [0.2, 0.25) is 0 Å². The zero-order chi connectivity index (χ0) is 9.42. The van der Waals surface area contributed by atoms with E-state index in [4.69, 9.17) is 5.73 Å². The van der Waals surface area contributed by atoms with Gasteiger partial charge in [-0.1, -0.05) is 0 Å². The molecule has 0 aliphatic heterocycles. The third-order valence-corrected chi connectivity index (χ3v) is 3.43. The summed E-state index contributed by atoms with van der Waals surface area (Å²) in [5.74, 6) is 0.391. The molecule has 1 aromatic carbocycles. The van der Waals surface area contributed by atoms with E-state index in [9.17, 15) is 4.39 Å². The Hall–Kier alpha value is -0.160.